The van der Waals surface area contributed by atoms with E-state index in [0.29, 0.717) is 12.0 Å². The van der Waals surface area contributed by atoms with Gasteiger partial charge in [-0.05, 0) is 50.2 Å². The van der Waals surface area contributed by atoms with Crippen LogP contribution in [0.5, 0.6) is 0 Å². The van der Waals surface area contributed by atoms with Gasteiger partial charge in [-0.25, -0.2) is 0 Å². The van der Waals surface area contributed by atoms with E-state index in [-0.39, 0.29) is 0 Å². The van der Waals surface area contributed by atoms with E-state index in [1.165, 1.54) is 25.9 Å². The molecule has 0 spiro atoms. The van der Waals surface area contributed by atoms with Gasteiger partial charge in [0.1, 0.15) is 11.5 Å². The lowest BCUT2D eigenvalue weighted by molar-refractivity contribution is 0.185. The maximum Gasteiger partial charge on any atom is 0.118 e. The standard InChI is InChI=1S/C16H28N2OS/c1-13(2)16(18-8-4-5-9-18)11-17-10-14-6-7-15(19-14)12-20-3/h6-7,13,16-17H,4-5,8-12H2,1-3H3. The van der Waals surface area contributed by atoms with Crippen molar-refractivity contribution < 1.29 is 4.42 Å². The molecule has 1 aliphatic rings. The Morgan fingerprint density at radius 1 is 1.25 bits per heavy atom. The molecule has 2 rings (SSSR count). The van der Waals surface area contributed by atoms with E-state index in [9.17, 15) is 0 Å². The number of rotatable bonds is 8. The largest absolute Gasteiger partial charge is 0.464 e. The monoisotopic (exact) mass is 296 g/mol. The predicted octanol–water partition coefficient (Wildman–Crippen LogP) is 3.35. The fourth-order valence-corrected chi connectivity index (χ4v) is 3.38. The van der Waals surface area contributed by atoms with E-state index < -0.39 is 0 Å². The Morgan fingerprint density at radius 2 is 1.95 bits per heavy atom. The van der Waals surface area contributed by atoms with Gasteiger partial charge >= 0.3 is 0 Å². The average molecular weight is 296 g/mol. The first-order valence-electron chi connectivity index (χ1n) is 7.72. The van der Waals surface area contributed by atoms with Gasteiger partial charge in [0, 0.05) is 12.6 Å². The maximum absolute atomic E-state index is 5.79. The molecule has 1 aromatic heterocycles. The number of nitrogens with one attached hydrogen (secondary N) is 1. The van der Waals surface area contributed by atoms with Crippen molar-refractivity contribution in [2.45, 2.75) is 45.0 Å². The lowest BCUT2D eigenvalue weighted by Crippen LogP contribution is -2.44. The van der Waals surface area contributed by atoms with E-state index in [1.54, 1.807) is 11.8 Å². The minimum absolute atomic E-state index is 0.651. The highest BCUT2D eigenvalue weighted by Crippen LogP contribution is 2.17. The van der Waals surface area contributed by atoms with E-state index in [4.69, 9.17) is 4.42 Å². The summed E-state index contributed by atoms with van der Waals surface area (Å²) in [6, 6.07) is 4.84. The first-order chi connectivity index (χ1) is 9.70. The van der Waals surface area contributed by atoms with Crippen LogP contribution < -0.4 is 5.32 Å². The molecule has 2 heterocycles. The zero-order valence-electron chi connectivity index (χ0n) is 13.0. The Balaban J connectivity index is 1.77. The molecule has 0 radical (unpaired) electrons. The molecule has 1 saturated heterocycles. The Kier molecular flexibility index (Phi) is 6.46. The van der Waals surface area contributed by atoms with Gasteiger partial charge in [-0.2, -0.15) is 11.8 Å². The molecule has 1 aliphatic heterocycles. The minimum atomic E-state index is 0.651. The van der Waals surface area contributed by atoms with Gasteiger partial charge in [-0.15, -0.1) is 0 Å². The molecule has 1 fully saturated rings. The topological polar surface area (TPSA) is 28.4 Å². The fraction of sp³-hybridized carbons (Fsp3) is 0.750. The third-order valence-corrected chi connectivity index (χ3v) is 4.61. The van der Waals surface area contributed by atoms with Crippen molar-refractivity contribution in [3.8, 4) is 0 Å². The lowest BCUT2D eigenvalue weighted by Gasteiger charge is -2.31. The zero-order valence-corrected chi connectivity index (χ0v) is 13.8. The SMILES string of the molecule is CSCc1ccc(CNCC(C(C)C)N2CCCC2)o1. The van der Waals surface area contributed by atoms with Crippen LogP contribution in [0.2, 0.25) is 0 Å². The molecule has 1 aromatic rings. The summed E-state index contributed by atoms with van der Waals surface area (Å²) in [5, 5.41) is 3.57. The van der Waals surface area contributed by atoms with Crippen LogP contribution in [0.3, 0.4) is 0 Å². The quantitative estimate of drug-likeness (QED) is 0.796. The third-order valence-electron chi connectivity index (χ3n) is 4.04. The summed E-state index contributed by atoms with van der Waals surface area (Å²) in [6.07, 6.45) is 4.82. The molecule has 4 heteroatoms. The summed E-state index contributed by atoms with van der Waals surface area (Å²) in [4.78, 5) is 2.64. The molecule has 114 valence electrons. The zero-order chi connectivity index (χ0) is 14.4. The molecular weight excluding hydrogens is 268 g/mol. The second-order valence-electron chi connectivity index (χ2n) is 5.99. The van der Waals surface area contributed by atoms with Crippen LogP contribution in [-0.4, -0.2) is 36.8 Å². The summed E-state index contributed by atoms with van der Waals surface area (Å²) in [6.45, 7) is 9.08. The van der Waals surface area contributed by atoms with E-state index in [0.717, 1.165) is 30.4 Å². The van der Waals surface area contributed by atoms with Gasteiger partial charge in [0.05, 0.1) is 12.3 Å². The van der Waals surface area contributed by atoms with Crippen molar-refractivity contribution in [2.24, 2.45) is 5.92 Å². The fourth-order valence-electron chi connectivity index (χ4n) is 2.94. The van der Waals surface area contributed by atoms with Crippen LogP contribution in [0.15, 0.2) is 16.5 Å². The average Bonchev–Trinajstić information content (AvgIpc) is 3.06. The van der Waals surface area contributed by atoms with Crippen LogP contribution in [0.25, 0.3) is 0 Å². The van der Waals surface area contributed by atoms with Gasteiger partial charge in [-0.3, -0.25) is 4.90 Å². The Hall–Kier alpha value is -0.450. The van der Waals surface area contributed by atoms with Crippen LogP contribution in [0, 0.1) is 5.92 Å². The van der Waals surface area contributed by atoms with Crippen molar-refractivity contribution in [3.63, 3.8) is 0 Å². The first-order valence-corrected chi connectivity index (χ1v) is 9.11. The van der Waals surface area contributed by atoms with E-state index >= 15 is 0 Å². The molecule has 0 saturated carbocycles. The molecule has 0 aromatic carbocycles. The van der Waals surface area contributed by atoms with E-state index in [1.807, 2.05) is 0 Å². The molecule has 1 atom stereocenters. The summed E-state index contributed by atoms with van der Waals surface area (Å²) in [7, 11) is 0. The summed E-state index contributed by atoms with van der Waals surface area (Å²) in [5.74, 6) is 3.79. The molecule has 0 bridgehead atoms. The number of thioether (sulfide) groups is 1. The van der Waals surface area contributed by atoms with Crippen LogP contribution in [0.1, 0.15) is 38.2 Å². The first kappa shape index (κ1) is 15.9. The number of nitrogens with zero attached hydrogens (tertiary/aromatic N) is 1. The van der Waals surface area contributed by atoms with Crippen LogP contribution >= 0.6 is 11.8 Å². The molecular formula is C16H28N2OS. The molecule has 3 nitrogen and oxygen atoms in total. The number of hydrogen-bond acceptors (Lipinski definition) is 4. The maximum atomic E-state index is 5.79. The van der Waals surface area contributed by atoms with Gasteiger partial charge in [0.25, 0.3) is 0 Å². The van der Waals surface area contributed by atoms with Gasteiger partial charge in [-0.1, -0.05) is 13.8 Å². The summed E-state index contributed by atoms with van der Waals surface area (Å²) >= 11 is 1.80. The molecule has 20 heavy (non-hydrogen) atoms. The number of hydrogen-bond donors (Lipinski definition) is 1. The predicted molar refractivity (Wildman–Crippen MR) is 87.1 cm³/mol. The van der Waals surface area contributed by atoms with Crippen molar-refractivity contribution >= 4 is 11.8 Å². The summed E-state index contributed by atoms with van der Waals surface area (Å²) < 4.78 is 5.79. The van der Waals surface area contributed by atoms with Gasteiger partial charge in [0.2, 0.25) is 0 Å². The van der Waals surface area contributed by atoms with Crippen molar-refractivity contribution in [3.05, 3.63) is 23.7 Å². The van der Waals surface area contributed by atoms with Crippen LogP contribution in [0.4, 0.5) is 0 Å². The minimum Gasteiger partial charge on any atom is -0.464 e. The Morgan fingerprint density at radius 3 is 2.60 bits per heavy atom. The summed E-state index contributed by atoms with van der Waals surface area (Å²) in [5.41, 5.74) is 0. The number of likely N-dealkylation sites (tertiary alicyclic amines) is 1. The lowest BCUT2D eigenvalue weighted by atomic mass is 10.0. The van der Waals surface area contributed by atoms with Gasteiger partial charge < -0.3 is 9.73 Å². The highest BCUT2D eigenvalue weighted by molar-refractivity contribution is 7.97. The molecule has 0 amide bonds. The van der Waals surface area contributed by atoms with Crippen LogP contribution in [-0.2, 0) is 12.3 Å². The Labute approximate surface area is 127 Å². The van der Waals surface area contributed by atoms with Gasteiger partial charge in [0.15, 0.2) is 0 Å². The third kappa shape index (κ3) is 4.54. The number of furan rings is 1. The Bertz CT molecular complexity index is 386. The van der Waals surface area contributed by atoms with Crippen molar-refractivity contribution in [1.29, 1.82) is 0 Å². The second kappa shape index (κ2) is 8.11. The second-order valence-corrected chi connectivity index (χ2v) is 6.85. The normalized spacial score (nSPS) is 18.0. The smallest absolute Gasteiger partial charge is 0.118 e. The highest BCUT2D eigenvalue weighted by atomic mass is 32.2. The van der Waals surface area contributed by atoms with E-state index in [2.05, 4.69) is 42.5 Å². The molecule has 0 aliphatic carbocycles. The molecule has 1 N–H and O–H groups in total. The molecule has 1 unspecified atom stereocenters. The van der Waals surface area contributed by atoms with Crippen molar-refractivity contribution in [1.82, 2.24) is 10.2 Å². The highest BCUT2D eigenvalue weighted by Gasteiger charge is 2.24. The van der Waals surface area contributed by atoms with Crippen molar-refractivity contribution in [2.75, 3.05) is 25.9 Å².